The lowest BCUT2D eigenvalue weighted by Crippen LogP contribution is -2.62. The molecule has 6 rings (SSSR count). The second-order valence-electron chi connectivity index (χ2n) is 24.8. The molecule has 2 aliphatic heterocycles. The van der Waals surface area contributed by atoms with Crippen LogP contribution in [0.3, 0.4) is 0 Å². The number of esters is 1. The molecule has 0 radical (unpaired) electrons. The van der Waals surface area contributed by atoms with E-state index in [4.69, 9.17) is 36.6 Å². The number of nitrogens with zero attached hydrogens (tertiary/aromatic N) is 3. The zero-order valence-electron chi connectivity index (χ0n) is 55.6. The largest absolute Gasteiger partial charge is 0.508 e. The molecule has 2 aromatic carbocycles. The number of aromatic amines is 2. The molecule has 9 atom stereocenters. The number of aromatic hydroxyl groups is 1. The number of aromatic nitrogens is 3. The highest BCUT2D eigenvalue weighted by molar-refractivity contribution is 6.00. The van der Waals surface area contributed by atoms with Crippen LogP contribution < -0.4 is 70.6 Å². The van der Waals surface area contributed by atoms with Crippen molar-refractivity contribution in [3.63, 3.8) is 0 Å². The van der Waals surface area contributed by atoms with E-state index in [1.807, 2.05) is 5.43 Å². The van der Waals surface area contributed by atoms with Gasteiger partial charge in [-0.15, -0.1) is 0 Å². The molecule has 0 saturated carbocycles. The average molecular weight is 1370 g/mol. The lowest BCUT2D eigenvalue weighted by atomic mass is 10.0. The Balaban J connectivity index is 0.00000421. The minimum absolute atomic E-state index is 0.00819. The highest BCUT2D eigenvalue weighted by Gasteiger charge is 2.40. The van der Waals surface area contributed by atoms with Gasteiger partial charge in [-0.05, 0) is 94.5 Å². The standard InChI is InChI=1S/C61H86N18O15.C2H4O2/c1-32(2)23-42(51(84)70-41(13-9-21-66-59(62)63)58(91)79-22-10-14-48(79)57(90)77-78-60(64)92)71-56(89)47(30-94-61(4,5)6)76-52(85)43(24-34-15-17-37(81)18-16-34)72-55(88)46(29-93-33(3)80)75-53(86)44(25-35-27-67-39-12-8-7-11-38(35)39)73-54(87)45(26-36-28-65-31-68-36)74-50(83)40-19-20-49(82)69-40;1-2(3)4/h7-8,11-12,15-18,27-28,31-32,40-48,67,81H,9-10,13-14,19-26,29-30H2,1-6H3,(H,65,68)(H,69,82)(H,70,84)(H,71,89)(H,72,88)(H,73,87)(H,74,83)(H,75,86)(H,76,85)(H,77,90)(H4,62,63,66)(H3,64,78,92);1H3,(H,3,4)/t40-,41-,42-,43-,44-,45-,46-,47+,48-;/m0./s1. The summed E-state index contributed by atoms with van der Waals surface area (Å²) in [5.41, 5.74) is 21.5. The number of fused-ring (bicyclic) bond motifs is 1. The van der Waals surface area contributed by atoms with E-state index >= 15 is 0 Å². The molecular weight excluding hydrogens is 1280 g/mol. The van der Waals surface area contributed by atoms with Gasteiger partial charge in [0, 0.05) is 81.6 Å². The number of rotatable bonds is 32. The number of amides is 12. The van der Waals surface area contributed by atoms with E-state index in [9.17, 15) is 62.6 Å². The summed E-state index contributed by atoms with van der Waals surface area (Å²) in [6.45, 7) is 9.59. The molecule has 4 aromatic rings. The van der Waals surface area contributed by atoms with Gasteiger partial charge >= 0.3 is 12.0 Å². The normalized spacial score (nSPS) is 16.3. The molecule has 12 amide bonds. The number of guanidine groups is 1. The van der Waals surface area contributed by atoms with Crippen molar-refractivity contribution in [3.8, 4) is 5.75 Å². The number of primary amides is 1. The minimum atomic E-state index is -1.80. The molecule has 2 aromatic heterocycles. The van der Waals surface area contributed by atoms with Gasteiger partial charge in [-0.2, -0.15) is 0 Å². The Morgan fingerprint density at radius 1 is 0.704 bits per heavy atom. The van der Waals surface area contributed by atoms with Crippen molar-refractivity contribution in [3.05, 3.63) is 84.1 Å². The second kappa shape index (κ2) is 37.4. The molecule has 2 fully saturated rings. The third-order valence-electron chi connectivity index (χ3n) is 15.1. The van der Waals surface area contributed by atoms with E-state index in [1.54, 1.807) is 65.1 Å². The molecule has 534 valence electrons. The number of carbonyl (C=O) groups excluding carboxylic acids is 12. The number of nitrogens with two attached hydrogens (primary N) is 3. The third-order valence-corrected chi connectivity index (χ3v) is 15.1. The topological polar surface area (TPSA) is 539 Å². The summed E-state index contributed by atoms with van der Waals surface area (Å²) in [5.74, 6) is -10.4. The number of urea groups is 1. The summed E-state index contributed by atoms with van der Waals surface area (Å²) >= 11 is 0. The first-order valence-corrected chi connectivity index (χ1v) is 31.7. The molecule has 35 nitrogen and oxygen atoms in total. The number of ether oxygens (including phenoxy) is 2. The Hall–Kier alpha value is -10.9. The molecule has 35 heteroatoms. The van der Waals surface area contributed by atoms with Gasteiger partial charge in [0.25, 0.3) is 11.9 Å². The third kappa shape index (κ3) is 26.0. The number of imidazole rings is 1. The maximum Gasteiger partial charge on any atom is 0.330 e. The van der Waals surface area contributed by atoms with Crippen molar-refractivity contribution >= 4 is 93.9 Å². The number of aliphatic imine (C=N–C) groups is 1. The number of carboxylic acids is 1. The highest BCUT2D eigenvalue weighted by Crippen LogP contribution is 2.22. The lowest BCUT2D eigenvalue weighted by Gasteiger charge is -2.31. The number of nitrogens with one attached hydrogen (secondary N) is 12. The van der Waals surface area contributed by atoms with Gasteiger partial charge in [-0.3, -0.25) is 68.0 Å². The van der Waals surface area contributed by atoms with Crippen LogP contribution >= 0.6 is 0 Å². The SMILES string of the molecule is CC(=O)O.CC(=O)OC[C@H](NC(=O)[C@H](Cc1c[nH]c2ccccc12)NC(=O)[C@H](Cc1cnc[nH]1)NC(=O)[C@@H]1CCC(=O)N1)C(=O)N[C@@H](Cc1ccc(O)cc1)C(=O)N[C@H](COC(C)(C)C)C(=O)N[C@@H](CC(C)C)C(=O)N[C@@H](CCCN=C(N)N)C(=O)N1CCC[C@H]1C(=O)NNC(N)=O. The number of carboxylic acid groups (broad SMARTS) is 1. The van der Waals surface area contributed by atoms with Crippen molar-refractivity contribution in [1.29, 1.82) is 0 Å². The first kappa shape index (κ1) is 77.8. The number of carbonyl (C=O) groups is 13. The fraction of sp³-hybridized carbons (Fsp3) is 0.508. The molecule has 0 unspecified atom stereocenters. The van der Waals surface area contributed by atoms with Gasteiger partial charge in [0.15, 0.2) is 5.96 Å². The Bertz CT molecular complexity index is 3470. The number of H-pyrrole nitrogens is 2. The average Bonchev–Trinajstić information content (AvgIpc) is 1.59. The molecule has 0 spiro atoms. The van der Waals surface area contributed by atoms with Crippen molar-refractivity contribution in [2.45, 2.75) is 173 Å². The fourth-order valence-electron chi connectivity index (χ4n) is 10.4. The minimum Gasteiger partial charge on any atom is -0.508 e. The van der Waals surface area contributed by atoms with Gasteiger partial charge in [0.1, 0.15) is 66.7 Å². The van der Waals surface area contributed by atoms with E-state index in [1.165, 1.54) is 41.7 Å². The smallest absolute Gasteiger partial charge is 0.330 e. The Kier molecular flexibility index (Phi) is 29.7. The quantitative estimate of drug-likeness (QED) is 0.00794. The van der Waals surface area contributed by atoms with Gasteiger partial charge in [-0.1, -0.05) is 44.2 Å². The monoisotopic (exact) mass is 1370 g/mol. The molecule has 2 aliphatic rings. The summed E-state index contributed by atoms with van der Waals surface area (Å²) < 4.78 is 11.3. The lowest BCUT2D eigenvalue weighted by molar-refractivity contribution is -0.145. The predicted molar refractivity (Wildman–Crippen MR) is 351 cm³/mol. The number of aliphatic carboxylic acids is 1. The number of phenolic OH excluding ortho intramolecular Hbond substituents is 1. The van der Waals surface area contributed by atoms with E-state index in [2.05, 4.69) is 67.9 Å². The van der Waals surface area contributed by atoms with E-state index < -0.39 is 144 Å². The summed E-state index contributed by atoms with van der Waals surface area (Å²) in [6, 6.07) is -0.949. The highest BCUT2D eigenvalue weighted by atomic mass is 16.5. The number of para-hydroxylation sites is 1. The summed E-state index contributed by atoms with van der Waals surface area (Å²) in [5, 5.41) is 39.6. The van der Waals surface area contributed by atoms with Gasteiger partial charge in [0.2, 0.25) is 53.2 Å². The maximum atomic E-state index is 14.9. The number of hydrogen-bond acceptors (Lipinski definition) is 18. The number of likely N-dealkylation sites (tertiary alicyclic amines) is 1. The van der Waals surface area contributed by atoms with E-state index in [-0.39, 0.29) is 94.4 Å². The number of hydrazine groups is 1. The summed E-state index contributed by atoms with van der Waals surface area (Å²) in [4.78, 5) is 190. The molecule has 98 heavy (non-hydrogen) atoms. The van der Waals surface area contributed by atoms with Crippen molar-refractivity contribution in [2.75, 3.05) is 26.3 Å². The number of phenols is 1. The van der Waals surface area contributed by atoms with Gasteiger partial charge in [0.05, 0.1) is 18.5 Å². The Morgan fingerprint density at radius 2 is 1.28 bits per heavy atom. The first-order chi connectivity index (χ1) is 46.3. The molecule has 0 aliphatic carbocycles. The van der Waals surface area contributed by atoms with Crippen molar-refractivity contribution < 1.29 is 82.0 Å². The van der Waals surface area contributed by atoms with E-state index in [0.717, 1.165) is 13.8 Å². The summed E-state index contributed by atoms with van der Waals surface area (Å²) in [6.07, 6.45) is 4.75. The number of benzene rings is 2. The van der Waals surface area contributed by atoms with Crippen LogP contribution in [0.25, 0.3) is 10.9 Å². The van der Waals surface area contributed by atoms with Crippen LogP contribution in [0, 0.1) is 5.92 Å². The first-order valence-electron chi connectivity index (χ1n) is 31.7. The zero-order valence-corrected chi connectivity index (χ0v) is 55.6. The Labute approximate surface area is 564 Å². The molecule has 4 heterocycles. The van der Waals surface area contributed by atoms with Crippen LogP contribution in [0.5, 0.6) is 5.75 Å². The van der Waals surface area contributed by atoms with Gasteiger partial charge in [-0.25, -0.2) is 15.2 Å². The molecular formula is C63H90N18O17. The molecule has 0 bridgehead atoms. The summed E-state index contributed by atoms with van der Waals surface area (Å²) in [7, 11) is 0. The zero-order chi connectivity index (χ0) is 72.4. The van der Waals surface area contributed by atoms with Crippen LogP contribution in [0.1, 0.15) is 110 Å². The number of hydrogen-bond donors (Lipinski definition) is 17. The van der Waals surface area contributed by atoms with Crippen molar-refractivity contribution in [2.24, 2.45) is 28.1 Å². The van der Waals surface area contributed by atoms with Crippen molar-refractivity contribution in [1.82, 2.24) is 73.2 Å². The van der Waals surface area contributed by atoms with Crippen LogP contribution in [0.15, 0.2) is 72.2 Å². The Morgan fingerprint density at radius 3 is 1.85 bits per heavy atom. The van der Waals surface area contributed by atoms with Gasteiger partial charge < -0.3 is 94.3 Å². The van der Waals surface area contributed by atoms with E-state index in [0.29, 0.717) is 34.1 Å². The van der Waals surface area contributed by atoms with Crippen LogP contribution in [0.4, 0.5) is 4.79 Å². The molecule has 2 saturated heterocycles. The fourth-order valence-corrected chi connectivity index (χ4v) is 10.4. The van der Waals surface area contributed by atoms with Crippen LogP contribution in [0.2, 0.25) is 0 Å². The van der Waals surface area contributed by atoms with Crippen LogP contribution in [-0.2, 0) is 86.3 Å². The predicted octanol–water partition coefficient (Wildman–Crippen LogP) is -2.44. The van der Waals surface area contributed by atoms with Crippen LogP contribution in [-0.4, -0.2) is 199 Å². The second-order valence-corrected chi connectivity index (χ2v) is 24.8. The maximum absolute atomic E-state index is 14.9. The molecule has 20 N–H and O–H groups in total.